The monoisotopic (exact) mass is 208 g/mol. The Hall–Kier alpha value is -0.300. The van der Waals surface area contributed by atoms with E-state index in [4.69, 9.17) is 0 Å². The highest BCUT2D eigenvalue weighted by Crippen LogP contribution is 2.35. The van der Waals surface area contributed by atoms with Gasteiger partial charge in [0.05, 0.1) is 0 Å². The normalized spacial score (nSPS) is 17.6. The summed E-state index contributed by atoms with van der Waals surface area (Å²) in [5.41, 5.74) is 1.99. The van der Waals surface area contributed by atoms with Crippen molar-refractivity contribution in [1.29, 1.82) is 0 Å². The van der Waals surface area contributed by atoms with Crippen LogP contribution in [-0.4, -0.2) is 0 Å². The Kier molecular flexibility index (Phi) is 2.70. The minimum Gasteiger partial charge on any atom is -0.145 e. The lowest BCUT2D eigenvalue weighted by Gasteiger charge is -2.15. The predicted octanol–water partition coefficient (Wildman–Crippen LogP) is 4.31. The van der Waals surface area contributed by atoms with Crippen LogP contribution >= 0.6 is 11.3 Å². The van der Waals surface area contributed by atoms with E-state index in [1.165, 1.54) is 32.1 Å². The summed E-state index contributed by atoms with van der Waals surface area (Å²) in [6, 6.07) is 2.46. The zero-order chi connectivity index (χ0) is 10.2. The molecule has 0 amide bonds. The second-order valence-electron chi connectivity index (χ2n) is 5.37. The van der Waals surface area contributed by atoms with Gasteiger partial charge in [0.2, 0.25) is 0 Å². The third kappa shape index (κ3) is 2.03. The van der Waals surface area contributed by atoms with Gasteiger partial charge in [0.25, 0.3) is 0 Å². The van der Waals surface area contributed by atoms with E-state index in [-0.39, 0.29) is 0 Å². The Balaban J connectivity index is 2.31. The molecule has 1 aliphatic rings. The van der Waals surface area contributed by atoms with Crippen LogP contribution in [0.4, 0.5) is 0 Å². The molecule has 0 radical (unpaired) electrons. The Morgan fingerprint density at radius 1 is 1.07 bits per heavy atom. The first-order valence-corrected chi connectivity index (χ1v) is 6.51. The molecule has 0 N–H and O–H groups in total. The quantitative estimate of drug-likeness (QED) is 0.557. The van der Waals surface area contributed by atoms with Crippen LogP contribution in [0.3, 0.4) is 0 Å². The first-order valence-electron chi connectivity index (χ1n) is 5.69. The summed E-state index contributed by atoms with van der Waals surface area (Å²) in [6.45, 7) is 6.95. The Labute approximate surface area is 91.4 Å². The summed E-state index contributed by atoms with van der Waals surface area (Å²) in [5.74, 6) is 0. The van der Waals surface area contributed by atoms with Crippen molar-refractivity contribution in [3.05, 3.63) is 21.4 Å². The summed E-state index contributed by atoms with van der Waals surface area (Å²) >= 11 is 2.06. The van der Waals surface area contributed by atoms with E-state index in [9.17, 15) is 0 Å². The fourth-order valence-corrected chi connectivity index (χ4v) is 3.35. The first kappa shape index (κ1) is 10.2. The smallest absolute Gasteiger partial charge is 0.0105 e. The summed E-state index contributed by atoms with van der Waals surface area (Å²) in [4.78, 5) is 3.25. The van der Waals surface area contributed by atoms with Gasteiger partial charge in [0.15, 0.2) is 0 Å². The highest BCUT2D eigenvalue weighted by atomic mass is 32.1. The van der Waals surface area contributed by atoms with Gasteiger partial charge in [-0.25, -0.2) is 0 Å². The minimum atomic E-state index is 0.344. The van der Waals surface area contributed by atoms with Crippen molar-refractivity contribution in [3.8, 4) is 0 Å². The number of thiophene rings is 1. The number of hydrogen-bond acceptors (Lipinski definition) is 1. The molecule has 0 saturated heterocycles. The number of rotatable bonds is 0. The van der Waals surface area contributed by atoms with E-state index in [1.54, 1.807) is 15.3 Å². The molecule has 0 saturated carbocycles. The fourth-order valence-electron chi connectivity index (χ4n) is 2.04. The lowest BCUT2D eigenvalue weighted by Crippen LogP contribution is -2.08. The molecule has 78 valence electrons. The van der Waals surface area contributed by atoms with E-state index >= 15 is 0 Å². The van der Waals surface area contributed by atoms with Gasteiger partial charge in [-0.1, -0.05) is 27.2 Å². The second kappa shape index (κ2) is 3.69. The van der Waals surface area contributed by atoms with Crippen molar-refractivity contribution in [1.82, 2.24) is 0 Å². The molecule has 1 aromatic heterocycles. The molecule has 0 bridgehead atoms. The fraction of sp³-hybridized carbons (Fsp3) is 0.692. The summed E-state index contributed by atoms with van der Waals surface area (Å²) < 4.78 is 0. The molecule has 1 heterocycles. The van der Waals surface area contributed by atoms with Crippen molar-refractivity contribution in [2.24, 2.45) is 0 Å². The predicted molar refractivity (Wildman–Crippen MR) is 64.3 cm³/mol. The van der Waals surface area contributed by atoms with Gasteiger partial charge in [0, 0.05) is 9.75 Å². The second-order valence-corrected chi connectivity index (χ2v) is 6.51. The topological polar surface area (TPSA) is 0 Å². The number of fused-ring (bicyclic) bond motifs is 1. The van der Waals surface area contributed by atoms with Crippen LogP contribution in [0.25, 0.3) is 0 Å². The van der Waals surface area contributed by atoms with Crippen molar-refractivity contribution in [2.75, 3.05) is 0 Å². The Morgan fingerprint density at radius 3 is 2.50 bits per heavy atom. The Morgan fingerprint density at radius 2 is 1.79 bits per heavy atom. The van der Waals surface area contributed by atoms with Gasteiger partial charge >= 0.3 is 0 Å². The number of aryl methyl sites for hydroxylation is 2. The van der Waals surface area contributed by atoms with Crippen LogP contribution in [-0.2, 0) is 18.3 Å². The molecular formula is C13H20S. The highest BCUT2D eigenvalue weighted by molar-refractivity contribution is 7.12. The van der Waals surface area contributed by atoms with Crippen LogP contribution in [0.5, 0.6) is 0 Å². The average molecular weight is 208 g/mol. The minimum absolute atomic E-state index is 0.344. The van der Waals surface area contributed by atoms with E-state index in [0.29, 0.717) is 5.41 Å². The molecule has 0 aliphatic heterocycles. The first-order chi connectivity index (χ1) is 6.57. The summed E-state index contributed by atoms with van der Waals surface area (Å²) in [6.07, 6.45) is 6.87. The third-order valence-electron chi connectivity index (χ3n) is 2.99. The van der Waals surface area contributed by atoms with Crippen molar-refractivity contribution >= 4 is 11.3 Å². The molecule has 1 aromatic rings. The third-order valence-corrected chi connectivity index (χ3v) is 4.65. The molecule has 14 heavy (non-hydrogen) atoms. The average Bonchev–Trinajstić information content (AvgIpc) is 2.38. The van der Waals surface area contributed by atoms with Gasteiger partial charge in [-0.3, -0.25) is 0 Å². The molecule has 1 aliphatic carbocycles. The molecule has 0 nitrogen and oxygen atoms in total. The summed E-state index contributed by atoms with van der Waals surface area (Å²) in [7, 11) is 0. The largest absolute Gasteiger partial charge is 0.145 e. The molecule has 1 heteroatoms. The standard InChI is InChI=1S/C13H20S/c1-13(2,3)12-9-10-7-5-4-6-8-11(10)14-12/h9H,4-8H2,1-3H3. The maximum Gasteiger partial charge on any atom is 0.0105 e. The molecule has 0 fully saturated rings. The molecule has 0 aromatic carbocycles. The SMILES string of the molecule is CC(C)(C)c1cc2c(s1)CCCCC2. The van der Waals surface area contributed by atoms with E-state index < -0.39 is 0 Å². The van der Waals surface area contributed by atoms with Crippen LogP contribution < -0.4 is 0 Å². The van der Waals surface area contributed by atoms with Crippen LogP contribution in [0, 0.1) is 0 Å². The van der Waals surface area contributed by atoms with Gasteiger partial charge in [-0.2, -0.15) is 0 Å². The van der Waals surface area contributed by atoms with Crippen molar-refractivity contribution in [2.45, 2.75) is 58.3 Å². The van der Waals surface area contributed by atoms with Crippen LogP contribution in [0.15, 0.2) is 6.07 Å². The Bertz CT molecular complexity index is 291. The molecule has 2 rings (SSSR count). The highest BCUT2D eigenvalue weighted by Gasteiger charge is 2.20. The van der Waals surface area contributed by atoms with Crippen molar-refractivity contribution in [3.63, 3.8) is 0 Å². The molecule has 0 atom stereocenters. The van der Waals surface area contributed by atoms with E-state index in [0.717, 1.165) is 0 Å². The lowest BCUT2D eigenvalue weighted by molar-refractivity contribution is 0.603. The van der Waals surface area contributed by atoms with Gasteiger partial charge < -0.3 is 0 Å². The zero-order valence-corrected chi connectivity index (χ0v) is 10.3. The van der Waals surface area contributed by atoms with E-state index in [1.807, 2.05) is 0 Å². The van der Waals surface area contributed by atoms with Gasteiger partial charge in [-0.15, -0.1) is 11.3 Å². The maximum absolute atomic E-state index is 2.46. The molecule has 0 spiro atoms. The van der Waals surface area contributed by atoms with Crippen molar-refractivity contribution < 1.29 is 0 Å². The number of hydrogen-bond donors (Lipinski definition) is 0. The van der Waals surface area contributed by atoms with E-state index in [2.05, 4.69) is 38.2 Å². The zero-order valence-electron chi connectivity index (χ0n) is 9.52. The molecule has 0 unspecified atom stereocenters. The lowest BCUT2D eigenvalue weighted by atomic mass is 9.94. The summed E-state index contributed by atoms with van der Waals surface area (Å²) in [5, 5.41) is 0. The van der Waals surface area contributed by atoms with Gasteiger partial charge in [0.1, 0.15) is 0 Å². The molecular weight excluding hydrogens is 188 g/mol. The van der Waals surface area contributed by atoms with Crippen LogP contribution in [0.1, 0.15) is 55.4 Å². The van der Waals surface area contributed by atoms with Gasteiger partial charge in [-0.05, 0) is 42.7 Å². The maximum atomic E-state index is 2.46. The van der Waals surface area contributed by atoms with Crippen LogP contribution in [0.2, 0.25) is 0 Å².